The summed E-state index contributed by atoms with van der Waals surface area (Å²) in [6, 6.07) is 11.5. The zero-order valence-corrected chi connectivity index (χ0v) is 15.6. The molecule has 0 unspecified atom stereocenters. The Morgan fingerprint density at radius 3 is 2.48 bits per heavy atom. The molecule has 2 aromatic carbocycles. The molecule has 5 nitrogen and oxygen atoms in total. The maximum atomic E-state index is 12.8. The molecule has 0 radical (unpaired) electrons. The number of ether oxygens (including phenoxy) is 1. The molecular weight excluding hydrogens is 347 g/mol. The molecule has 2 amide bonds. The highest BCUT2D eigenvalue weighted by atomic mass is 19.1. The van der Waals surface area contributed by atoms with Gasteiger partial charge < -0.3 is 4.74 Å². The van der Waals surface area contributed by atoms with Crippen LogP contribution in [-0.2, 0) is 9.59 Å². The lowest BCUT2D eigenvalue weighted by molar-refractivity contribution is -0.128. The third-order valence-electron chi connectivity index (χ3n) is 3.77. The van der Waals surface area contributed by atoms with Gasteiger partial charge in [0.15, 0.2) is 6.61 Å². The number of carbonyl (C=O) groups is 2. The summed E-state index contributed by atoms with van der Waals surface area (Å²) in [4.78, 5) is 23.6. The number of rotatable bonds is 6. The molecule has 0 heterocycles. The second-order valence-corrected chi connectivity index (χ2v) is 6.41. The van der Waals surface area contributed by atoms with Crippen molar-refractivity contribution in [2.75, 3.05) is 6.61 Å². The average molecular weight is 370 g/mol. The van der Waals surface area contributed by atoms with Crippen LogP contribution in [0.3, 0.4) is 0 Å². The second kappa shape index (κ2) is 9.52. The lowest BCUT2D eigenvalue weighted by Gasteiger charge is -2.14. The summed E-state index contributed by atoms with van der Waals surface area (Å²) >= 11 is 0. The van der Waals surface area contributed by atoms with Crippen LogP contribution >= 0.6 is 0 Å². The molecule has 0 aliphatic heterocycles. The third kappa shape index (κ3) is 6.58. The van der Waals surface area contributed by atoms with E-state index in [1.54, 1.807) is 12.1 Å². The van der Waals surface area contributed by atoms with Crippen LogP contribution in [0, 0.1) is 12.7 Å². The van der Waals surface area contributed by atoms with Gasteiger partial charge in [0.25, 0.3) is 11.8 Å². The van der Waals surface area contributed by atoms with E-state index in [1.165, 1.54) is 24.3 Å². The van der Waals surface area contributed by atoms with Gasteiger partial charge in [-0.15, -0.1) is 0 Å². The molecule has 0 aliphatic rings. The summed E-state index contributed by atoms with van der Waals surface area (Å²) in [7, 11) is 0. The largest absolute Gasteiger partial charge is 0.483 e. The molecule has 0 saturated carbocycles. The van der Waals surface area contributed by atoms with E-state index in [-0.39, 0.29) is 18.3 Å². The molecule has 6 heteroatoms. The number of benzene rings is 2. The molecule has 2 aromatic rings. The van der Waals surface area contributed by atoms with E-state index in [1.807, 2.05) is 39.0 Å². The number of hydrogen-bond donors (Lipinski definition) is 2. The molecule has 142 valence electrons. The van der Waals surface area contributed by atoms with E-state index in [0.717, 1.165) is 11.1 Å². The first-order chi connectivity index (χ1) is 12.8. The van der Waals surface area contributed by atoms with Gasteiger partial charge >= 0.3 is 0 Å². The number of hydrazine groups is 1. The molecule has 0 bridgehead atoms. The minimum atomic E-state index is -0.508. The minimum absolute atomic E-state index is 0.217. The van der Waals surface area contributed by atoms with Gasteiger partial charge in [0.2, 0.25) is 0 Å². The van der Waals surface area contributed by atoms with Crippen LogP contribution < -0.4 is 15.6 Å². The number of nitrogens with one attached hydrogen (secondary N) is 2. The van der Waals surface area contributed by atoms with E-state index < -0.39 is 11.8 Å². The zero-order valence-electron chi connectivity index (χ0n) is 15.6. The number of carbonyl (C=O) groups excluding carboxylic acids is 2. The van der Waals surface area contributed by atoms with Gasteiger partial charge in [-0.1, -0.05) is 38.1 Å². The summed E-state index contributed by atoms with van der Waals surface area (Å²) in [5.41, 5.74) is 7.27. The Hall–Kier alpha value is -3.15. The monoisotopic (exact) mass is 370 g/mol. The predicted octanol–water partition coefficient (Wildman–Crippen LogP) is 3.50. The molecule has 0 spiro atoms. The first kappa shape index (κ1) is 20.2. The van der Waals surface area contributed by atoms with Crippen molar-refractivity contribution in [3.05, 3.63) is 71.0 Å². The maximum Gasteiger partial charge on any atom is 0.276 e. The molecule has 0 fully saturated rings. The van der Waals surface area contributed by atoms with Crippen LogP contribution in [0.5, 0.6) is 5.75 Å². The highest BCUT2D eigenvalue weighted by Gasteiger charge is 2.10. The van der Waals surface area contributed by atoms with Crippen LogP contribution in [0.2, 0.25) is 0 Å². The molecule has 0 atom stereocenters. The van der Waals surface area contributed by atoms with Gasteiger partial charge in [-0.05, 0) is 53.8 Å². The smallest absolute Gasteiger partial charge is 0.276 e. The SMILES string of the molecule is Cc1ccc(C(C)C)c(OCC(=O)NNC(=O)C=Cc2ccc(F)cc2)c1. The number of aryl methyl sites for hydroxylation is 1. The highest BCUT2D eigenvalue weighted by molar-refractivity contribution is 5.93. The van der Waals surface area contributed by atoms with Crippen LogP contribution in [0.1, 0.15) is 36.5 Å². The summed E-state index contributed by atoms with van der Waals surface area (Å²) in [5.74, 6) is -0.415. The molecular formula is C21H23FN2O3. The Morgan fingerprint density at radius 2 is 1.81 bits per heavy atom. The molecule has 27 heavy (non-hydrogen) atoms. The van der Waals surface area contributed by atoms with E-state index in [9.17, 15) is 14.0 Å². The van der Waals surface area contributed by atoms with Crippen LogP contribution in [0.15, 0.2) is 48.5 Å². The zero-order chi connectivity index (χ0) is 19.8. The van der Waals surface area contributed by atoms with Crippen molar-refractivity contribution in [2.24, 2.45) is 0 Å². The lowest BCUT2D eigenvalue weighted by Crippen LogP contribution is -2.43. The van der Waals surface area contributed by atoms with Crippen LogP contribution in [0.25, 0.3) is 6.08 Å². The predicted molar refractivity (Wildman–Crippen MR) is 102 cm³/mol. The van der Waals surface area contributed by atoms with Crippen molar-refractivity contribution in [1.29, 1.82) is 0 Å². The third-order valence-corrected chi connectivity index (χ3v) is 3.77. The van der Waals surface area contributed by atoms with Crippen molar-refractivity contribution in [2.45, 2.75) is 26.7 Å². The first-order valence-corrected chi connectivity index (χ1v) is 8.61. The fourth-order valence-electron chi connectivity index (χ4n) is 2.34. The average Bonchev–Trinajstić information content (AvgIpc) is 2.64. The summed E-state index contributed by atoms with van der Waals surface area (Å²) < 4.78 is 18.4. The van der Waals surface area contributed by atoms with Gasteiger partial charge in [-0.3, -0.25) is 20.4 Å². The lowest BCUT2D eigenvalue weighted by atomic mass is 10.0. The van der Waals surface area contributed by atoms with Gasteiger partial charge in [0.05, 0.1) is 0 Å². The molecule has 0 saturated heterocycles. The van der Waals surface area contributed by atoms with E-state index in [2.05, 4.69) is 10.9 Å². The summed E-state index contributed by atoms with van der Waals surface area (Å²) in [6.45, 7) is 5.83. The fraction of sp³-hybridized carbons (Fsp3) is 0.238. The molecule has 2 N–H and O–H groups in total. The maximum absolute atomic E-state index is 12.8. The Kier molecular flexibility index (Phi) is 7.11. The van der Waals surface area contributed by atoms with E-state index in [0.29, 0.717) is 11.3 Å². The van der Waals surface area contributed by atoms with Gasteiger partial charge in [-0.25, -0.2) is 4.39 Å². The van der Waals surface area contributed by atoms with Crippen molar-refractivity contribution < 1.29 is 18.7 Å². The van der Waals surface area contributed by atoms with Gasteiger partial charge in [-0.2, -0.15) is 0 Å². The Bertz CT molecular complexity index is 830. The van der Waals surface area contributed by atoms with Crippen LogP contribution in [0.4, 0.5) is 4.39 Å². The Labute approximate surface area is 158 Å². The summed E-state index contributed by atoms with van der Waals surface area (Å²) in [5, 5.41) is 0. The van der Waals surface area contributed by atoms with E-state index in [4.69, 9.17) is 4.74 Å². The normalized spacial score (nSPS) is 10.9. The second-order valence-electron chi connectivity index (χ2n) is 6.41. The molecule has 2 rings (SSSR count). The summed E-state index contributed by atoms with van der Waals surface area (Å²) in [6.07, 6.45) is 2.75. The quantitative estimate of drug-likeness (QED) is 0.604. The molecule has 0 aliphatic carbocycles. The van der Waals surface area contributed by atoms with Gasteiger partial charge in [0.1, 0.15) is 11.6 Å². The fourth-order valence-corrected chi connectivity index (χ4v) is 2.34. The highest BCUT2D eigenvalue weighted by Crippen LogP contribution is 2.27. The Morgan fingerprint density at radius 1 is 1.11 bits per heavy atom. The van der Waals surface area contributed by atoms with E-state index >= 15 is 0 Å². The van der Waals surface area contributed by atoms with Gasteiger partial charge in [0, 0.05) is 6.08 Å². The van der Waals surface area contributed by atoms with Crippen molar-refractivity contribution in [1.82, 2.24) is 10.9 Å². The first-order valence-electron chi connectivity index (χ1n) is 8.61. The number of hydrogen-bond acceptors (Lipinski definition) is 3. The number of amides is 2. The minimum Gasteiger partial charge on any atom is -0.483 e. The van der Waals surface area contributed by atoms with Crippen molar-refractivity contribution >= 4 is 17.9 Å². The van der Waals surface area contributed by atoms with Crippen molar-refractivity contribution in [3.8, 4) is 5.75 Å². The van der Waals surface area contributed by atoms with Crippen molar-refractivity contribution in [3.63, 3.8) is 0 Å². The topological polar surface area (TPSA) is 67.4 Å². The Balaban J connectivity index is 1.81. The molecule has 0 aromatic heterocycles. The standard InChI is InChI=1S/C21H23FN2O3/c1-14(2)18-10-4-15(3)12-19(18)27-13-21(26)24-23-20(25)11-7-16-5-8-17(22)9-6-16/h4-12,14H,13H2,1-3H3,(H,23,25)(H,24,26). The number of halogens is 1. The van der Waals surface area contributed by atoms with Crippen LogP contribution in [-0.4, -0.2) is 18.4 Å².